The van der Waals surface area contributed by atoms with Crippen molar-refractivity contribution in [2.24, 2.45) is 34.5 Å². The summed E-state index contributed by atoms with van der Waals surface area (Å²) in [7, 11) is 0. The van der Waals surface area contributed by atoms with Crippen LogP contribution in [-0.4, -0.2) is 89.0 Å². The zero-order valence-electron chi connectivity index (χ0n) is 23.5. The van der Waals surface area contributed by atoms with Gasteiger partial charge in [0.05, 0.1) is 12.1 Å². The SMILES string of the molecule is C[C@]12CC[C@H](N(CCN3CCNC(=O)C3)C(=O)O)C[C@H]1CC[C@@H]1[C@@H]2CC[C@]2(C)[C@@H](C3=CC(=O)OC3)CC[C@]12O. The van der Waals surface area contributed by atoms with Crippen LogP contribution in [0.25, 0.3) is 0 Å². The minimum Gasteiger partial charge on any atom is -0.465 e. The van der Waals surface area contributed by atoms with E-state index >= 15 is 0 Å². The first-order valence-corrected chi connectivity index (χ1v) is 15.1. The number of amides is 2. The molecule has 8 atom stereocenters. The first-order valence-electron chi connectivity index (χ1n) is 15.1. The van der Waals surface area contributed by atoms with Gasteiger partial charge >= 0.3 is 12.1 Å². The lowest BCUT2D eigenvalue weighted by Gasteiger charge is -2.64. The minimum absolute atomic E-state index is 0.00826. The molecule has 0 radical (unpaired) electrons. The van der Waals surface area contributed by atoms with Crippen molar-refractivity contribution in [3.8, 4) is 0 Å². The second-order valence-electron chi connectivity index (χ2n) is 13.8. The van der Waals surface area contributed by atoms with Crippen molar-refractivity contribution in [1.29, 1.82) is 0 Å². The summed E-state index contributed by atoms with van der Waals surface area (Å²) in [4.78, 5) is 39.6. The van der Waals surface area contributed by atoms with Gasteiger partial charge in [-0.05, 0) is 92.4 Å². The molecule has 6 rings (SSSR count). The summed E-state index contributed by atoms with van der Waals surface area (Å²) in [6.07, 6.45) is 9.29. The highest BCUT2D eigenvalue weighted by Gasteiger charge is 2.67. The first kappa shape index (κ1) is 27.1. The van der Waals surface area contributed by atoms with E-state index in [0.717, 1.165) is 69.9 Å². The van der Waals surface area contributed by atoms with Crippen molar-refractivity contribution in [1.82, 2.24) is 15.1 Å². The van der Waals surface area contributed by atoms with E-state index < -0.39 is 11.7 Å². The summed E-state index contributed by atoms with van der Waals surface area (Å²) < 4.78 is 5.25. The number of aliphatic hydroxyl groups is 1. The van der Waals surface area contributed by atoms with E-state index in [9.17, 15) is 24.6 Å². The van der Waals surface area contributed by atoms with Crippen LogP contribution in [0, 0.1) is 34.5 Å². The third-order valence-corrected chi connectivity index (χ3v) is 12.4. The summed E-state index contributed by atoms with van der Waals surface area (Å²) >= 11 is 0. The second-order valence-corrected chi connectivity index (χ2v) is 13.8. The third-order valence-electron chi connectivity index (χ3n) is 12.4. The predicted octanol–water partition coefficient (Wildman–Crippen LogP) is 3.02. The van der Waals surface area contributed by atoms with Crippen LogP contribution in [0.4, 0.5) is 4.79 Å². The number of hydrogen-bond donors (Lipinski definition) is 3. The Bertz CT molecular complexity index is 1060. The Balaban J connectivity index is 1.15. The van der Waals surface area contributed by atoms with Crippen molar-refractivity contribution >= 4 is 18.0 Å². The Labute approximate surface area is 231 Å². The number of piperazine rings is 1. The quantitative estimate of drug-likeness (QED) is 0.456. The maximum Gasteiger partial charge on any atom is 0.407 e. The molecule has 1 saturated heterocycles. The van der Waals surface area contributed by atoms with Crippen LogP contribution < -0.4 is 5.32 Å². The Hall–Kier alpha value is -2.13. The van der Waals surface area contributed by atoms with Crippen LogP contribution in [0.2, 0.25) is 0 Å². The molecule has 6 aliphatic rings. The van der Waals surface area contributed by atoms with E-state index in [-0.39, 0.29) is 40.6 Å². The number of ether oxygens (including phenoxy) is 1. The van der Waals surface area contributed by atoms with Gasteiger partial charge in [0.15, 0.2) is 0 Å². The van der Waals surface area contributed by atoms with E-state index in [0.29, 0.717) is 44.6 Å². The number of rotatable bonds is 5. The maximum atomic E-state index is 12.4. The molecule has 216 valence electrons. The molecule has 0 aromatic rings. The summed E-state index contributed by atoms with van der Waals surface area (Å²) in [5.74, 6) is 1.10. The molecule has 2 heterocycles. The lowest BCUT2D eigenvalue weighted by atomic mass is 9.43. The zero-order chi connectivity index (χ0) is 27.6. The topological polar surface area (TPSA) is 119 Å². The Morgan fingerprint density at radius 2 is 1.95 bits per heavy atom. The van der Waals surface area contributed by atoms with Gasteiger partial charge < -0.3 is 25.2 Å². The fourth-order valence-corrected chi connectivity index (χ4v) is 10.2. The molecule has 2 aliphatic heterocycles. The lowest BCUT2D eigenvalue weighted by molar-refractivity contribution is -0.206. The molecular weight excluding hydrogens is 498 g/mol. The molecule has 0 aromatic carbocycles. The lowest BCUT2D eigenvalue weighted by Crippen LogP contribution is -2.63. The average Bonchev–Trinajstić information content (AvgIpc) is 3.43. The fourth-order valence-electron chi connectivity index (χ4n) is 10.2. The van der Waals surface area contributed by atoms with Crippen molar-refractivity contribution < 1.29 is 29.3 Å². The maximum absolute atomic E-state index is 12.4. The summed E-state index contributed by atoms with van der Waals surface area (Å²) in [5.41, 5.74) is 0.206. The first-order chi connectivity index (χ1) is 18.5. The highest BCUT2D eigenvalue weighted by molar-refractivity contribution is 5.85. The van der Waals surface area contributed by atoms with Gasteiger partial charge in [-0.3, -0.25) is 9.69 Å². The number of hydrogen-bond acceptors (Lipinski definition) is 6. The molecule has 9 heteroatoms. The molecular formula is C30H45N3O6. The largest absolute Gasteiger partial charge is 0.465 e. The van der Waals surface area contributed by atoms with Crippen molar-refractivity contribution in [2.75, 3.05) is 39.3 Å². The molecule has 0 aromatic heterocycles. The molecule has 4 aliphatic carbocycles. The standard InChI is InChI=1S/C30H45N3O6/c1-28-8-5-21(33(27(36)37)14-13-32-12-11-31-25(34)17-32)16-20(28)3-4-24-23(28)6-9-29(2)22(7-10-30(24,29)38)19-15-26(35)39-18-19/h15,20-24,38H,3-14,16-18H2,1-2H3,(H,31,34)(H,36,37)/t20-,21+,22-,23+,24-,28+,29-,30+/m1/s1. The molecule has 4 saturated carbocycles. The number of fused-ring (bicyclic) bond motifs is 5. The average molecular weight is 544 g/mol. The Kier molecular flexibility index (Phi) is 6.77. The third kappa shape index (κ3) is 4.30. The summed E-state index contributed by atoms with van der Waals surface area (Å²) in [6.45, 7) is 7.79. The van der Waals surface area contributed by atoms with Gasteiger partial charge in [-0.1, -0.05) is 13.8 Å². The van der Waals surface area contributed by atoms with Crippen molar-refractivity contribution in [3.05, 3.63) is 11.6 Å². The molecule has 39 heavy (non-hydrogen) atoms. The van der Waals surface area contributed by atoms with E-state index in [2.05, 4.69) is 19.2 Å². The molecule has 0 bridgehead atoms. The van der Waals surface area contributed by atoms with Crippen LogP contribution in [0.5, 0.6) is 0 Å². The van der Waals surface area contributed by atoms with E-state index in [1.807, 2.05) is 4.90 Å². The van der Waals surface area contributed by atoms with Gasteiger partial charge in [0.25, 0.3) is 0 Å². The number of cyclic esters (lactones) is 1. The van der Waals surface area contributed by atoms with Gasteiger partial charge in [-0.15, -0.1) is 0 Å². The van der Waals surface area contributed by atoms with Crippen LogP contribution in [0.15, 0.2) is 11.6 Å². The number of nitrogens with one attached hydrogen (secondary N) is 1. The summed E-state index contributed by atoms with van der Waals surface area (Å²) in [6, 6.07) is 0.00962. The van der Waals surface area contributed by atoms with E-state index in [4.69, 9.17) is 4.74 Å². The van der Waals surface area contributed by atoms with Crippen LogP contribution in [-0.2, 0) is 14.3 Å². The zero-order valence-corrected chi connectivity index (χ0v) is 23.5. The van der Waals surface area contributed by atoms with Crippen molar-refractivity contribution in [2.45, 2.75) is 83.3 Å². The molecule has 5 fully saturated rings. The smallest absolute Gasteiger partial charge is 0.407 e. The monoisotopic (exact) mass is 543 g/mol. The van der Waals surface area contributed by atoms with Gasteiger partial charge in [-0.25, -0.2) is 9.59 Å². The Morgan fingerprint density at radius 3 is 2.67 bits per heavy atom. The summed E-state index contributed by atoms with van der Waals surface area (Å²) in [5, 5.41) is 25.4. The van der Waals surface area contributed by atoms with Crippen LogP contribution >= 0.6 is 0 Å². The molecule has 0 unspecified atom stereocenters. The number of esters is 1. The van der Waals surface area contributed by atoms with Gasteiger partial charge in [-0.2, -0.15) is 0 Å². The number of nitrogens with zero attached hydrogens (tertiary/aromatic N) is 2. The minimum atomic E-state index is -0.859. The van der Waals surface area contributed by atoms with Crippen LogP contribution in [0.1, 0.15) is 71.6 Å². The molecule has 0 spiro atoms. The van der Waals surface area contributed by atoms with Gasteiger partial charge in [0.2, 0.25) is 5.91 Å². The Morgan fingerprint density at radius 1 is 1.13 bits per heavy atom. The number of carbonyl (C=O) groups excluding carboxylic acids is 2. The highest BCUT2D eigenvalue weighted by atomic mass is 16.5. The highest BCUT2D eigenvalue weighted by Crippen LogP contribution is 2.70. The van der Waals surface area contributed by atoms with Gasteiger partial charge in [0, 0.05) is 43.7 Å². The van der Waals surface area contributed by atoms with Gasteiger partial charge in [0.1, 0.15) is 6.61 Å². The second kappa shape index (κ2) is 9.75. The molecule has 9 nitrogen and oxygen atoms in total. The normalized spacial score (nSPS) is 44.0. The van der Waals surface area contributed by atoms with E-state index in [1.54, 1.807) is 11.0 Å². The van der Waals surface area contributed by atoms with Crippen molar-refractivity contribution in [3.63, 3.8) is 0 Å². The number of carbonyl (C=O) groups is 3. The molecule has 2 amide bonds. The fraction of sp³-hybridized carbons (Fsp3) is 0.833. The molecule has 3 N–H and O–H groups in total. The van der Waals surface area contributed by atoms with Crippen LogP contribution in [0.3, 0.4) is 0 Å². The number of carboxylic acid groups (broad SMARTS) is 1. The predicted molar refractivity (Wildman–Crippen MR) is 144 cm³/mol. The van der Waals surface area contributed by atoms with E-state index in [1.165, 1.54) is 0 Å².